The molecule has 0 spiro atoms. The number of nitrogens with one attached hydrogen (secondary N) is 2. The summed E-state index contributed by atoms with van der Waals surface area (Å²) in [6.45, 7) is 5.57. The van der Waals surface area contributed by atoms with Gasteiger partial charge in [-0.1, -0.05) is 6.92 Å². The van der Waals surface area contributed by atoms with Gasteiger partial charge < -0.3 is 15.4 Å². The van der Waals surface area contributed by atoms with Crippen LogP contribution >= 0.6 is 0 Å². The summed E-state index contributed by atoms with van der Waals surface area (Å²) in [4.78, 5) is 11.8. The van der Waals surface area contributed by atoms with E-state index in [4.69, 9.17) is 4.74 Å². The zero-order chi connectivity index (χ0) is 11.4. The average molecular weight is 226 g/mol. The fourth-order valence-electron chi connectivity index (χ4n) is 2.52. The number of carbonyl (C=O) groups excluding carboxylic acids is 1. The number of carbonyl (C=O) groups is 1. The number of rotatable bonds is 4. The molecule has 2 heterocycles. The molecular weight excluding hydrogens is 204 g/mol. The van der Waals surface area contributed by atoms with Crippen LogP contribution in [0.25, 0.3) is 0 Å². The molecule has 2 rings (SSSR count). The van der Waals surface area contributed by atoms with Gasteiger partial charge in [-0.05, 0) is 31.7 Å². The second-order valence-electron chi connectivity index (χ2n) is 4.96. The maximum absolute atomic E-state index is 11.8. The molecule has 2 fully saturated rings. The molecule has 2 aliphatic heterocycles. The van der Waals surface area contributed by atoms with Crippen LogP contribution in [-0.2, 0) is 9.53 Å². The van der Waals surface area contributed by atoms with Gasteiger partial charge in [0.1, 0.15) is 0 Å². The van der Waals surface area contributed by atoms with Gasteiger partial charge >= 0.3 is 0 Å². The Morgan fingerprint density at radius 1 is 1.50 bits per heavy atom. The van der Waals surface area contributed by atoms with Crippen molar-refractivity contribution >= 4 is 5.91 Å². The highest BCUT2D eigenvalue weighted by molar-refractivity contribution is 5.79. The highest BCUT2D eigenvalue weighted by Crippen LogP contribution is 2.17. The number of hydrogen-bond donors (Lipinski definition) is 2. The zero-order valence-electron chi connectivity index (χ0n) is 10.00. The predicted octanol–water partition coefficient (Wildman–Crippen LogP) is 0.527. The standard InChI is InChI=1S/C12H22N2O2/c1-9-7-13-8-11(9)12(15)14-5-4-10-3-2-6-16-10/h9-11,13H,2-8H2,1H3,(H,14,15)/t9-,10?,11-/m1/s1. The van der Waals surface area contributed by atoms with E-state index in [0.717, 1.165) is 39.1 Å². The Bertz CT molecular complexity index is 239. The lowest BCUT2D eigenvalue weighted by atomic mass is 9.97. The molecule has 0 radical (unpaired) electrons. The molecule has 0 saturated carbocycles. The largest absolute Gasteiger partial charge is 0.378 e. The van der Waals surface area contributed by atoms with E-state index < -0.39 is 0 Å². The van der Waals surface area contributed by atoms with Crippen LogP contribution in [0.3, 0.4) is 0 Å². The van der Waals surface area contributed by atoms with E-state index in [9.17, 15) is 4.79 Å². The van der Waals surface area contributed by atoms with Crippen LogP contribution in [0.1, 0.15) is 26.2 Å². The Kier molecular flexibility index (Phi) is 4.18. The van der Waals surface area contributed by atoms with Crippen molar-refractivity contribution in [1.82, 2.24) is 10.6 Å². The van der Waals surface area contributed by atoms with Crippen LogP contribution in [0.2, 0.25) is 0 Å². The van der Waals surface area contributed by atoms with Gasteiger partial charge in [-0.2, -0.15) is 0 Å². The minimum atomic E-state index is 0.157. The molecule has 0 aromatic heterocycles. The molecule has 92 valence electrons. The first-order valence-corrected chi connectivity index (χ1v) is 6.37. The molecule has 0 aromatic carbocycles. The lowest BCUT2D eigenvalue weighted by molar-refractivity contribution is -0.125. The van der Waals surface area contributed by atoms with Crippen LogP contribution in [0.15, 0.2) is 0 Å². The predicted molar refractivity (Wildman–Crippen MR) is 62.1 cm³/mol. The summed E-state index contributed by atoms with van der Waals surface area (Å²) < 4.78 is 5.52. The molecule has 1 amide bonds. The molecule has 1 unspecified atom stereocenters. The molecule has 4 nitrogen and oxygen atoms in total. The molecular formula is C12H22N2O2. The van der Waals surface area contributed by atoms with Crippen LogP contribution in [-0.4, -0.2) is 38.3 Å². The Balaban J connectivity index is 1.63. The third kappa shape index (κ3) is 2.95. The van der Waals surface area contributed by atoms with Crippen molar-refractivity contribution in [1.29, 1.82) is 0 Å². The first-order valence-electron chi connectivity index (χ1n) is 6.37. The third-order valence-electron chi connectivity index (χ3n) is 3.64. The second kappa shape index (κ2) is 5.64. The second-order valence-corrected chi connectivity index (χ2v) is 4.96. The first kappa shape index (κ1) is 11.9. The van der Waals surface area contributed by atoms with E-state index in [2.05, 4.69) is 17.6 Å². The Morgan fingerprint density at radius 2 is 2.38 bits per heavy atom. The number of ether oxygens (including phenoxy) is 1. The quantitative estimate of drug-likeness (QED) is 0.735. The molecule has 16 heavy (non-hydrogen) atoms. The first-order chi connectivity index (χ1) is 7.77. The average Bonchev–Trinajstić information content (AvgIpc) is 2.88. The molecule has 2 N–H and O–H groups in total. The van der Waals surface area contributed by atoms with E-state index >= 15 is 0 Å². The van der Waals surface area contributed by atoms with Crippen molar-refractivity contribution in [3.05, 3.63) is 0 Å². The lowest BCUT2D eigenvalue weighted by Gasteiger charge is -2.15. The van der Waals surface area contributed by atoms with Crippen molar-refractivity contribution in [3.63, 3.8) is 0 Å². The van der Waals surface area contributed by atoms with Crippen molar-refractivity contribution in [3.8, 4) is 0 Å². The molecule has 2 saturated heterocycles. The molecule has 0 aliphatic carbocycles. The van der Waals surface area contributed by atoms with Gasteiger partial charge in [0, 0.05) is 19.7 Å². The van der Waals surface area contributed by atoms with Gasteiger partial charge in [0.05, 0.1) is 12.0 Å². The summed E-state index contributed by atoms with van der Waals surface area (Å²) in [6.07, 6.45) is 3.65. The molecule has 0 aromatic rings. The fraction of sp³-hybridized carbons (Fsp3) is 0.917. The van der Waals surface area contributed by atoms with Crippen molar-refractivity contribution in [2.45, 2.75) is 32.3 Å². The highest BCUT2D eigenvalue weighted by atomic mass is 16.5. The van der Waals surface area contributed by atoms with Gasteiger partial charge in [0.25, 0.3) is 0 Å². The van der Waals surface area contributed by atoms with Crippen LogP contribution < -0.4 is 10.6 Å². The summed E-state index contributed by atoms with van der Waals surface area (Å²) in [5.74, 6) is 0.822. The Morgan fingerprint density at radius 3 is 3.00 bits per heavy atom. The summed E-state index contributed by atoms with van der Waals surface area (Å²) in [5.41, 5.74) is 0. The maximum atomic E-state index is 11.8. The summed E-state index contributed by atoms with van der Waals surface area (Å²) >= 11 is 0. The van der Waals surface area contributed by atoms with Crippen molar-refractivity contribution in [2.24, 2.45) is 11.8 Å². The van der Waals surface area contributed by atoms with Gasteiger partial charge in [0.2, 0.25) is 5.91 Å². The molecule has 2 aliphatic rings. The maximum Gasteiger partial charge on any atom is 0.224 e. The fourth-order valence-corrected chi connectivity index (χ4v) is 2.52. The van der Waals surface area contributed by atoms with Gasteiger partial charge in [0.15, 0.2) is 0 Å². The van der Waals surface area contributed by atoms with E-state index in [1.807, 2.05) is 0 Å². The number of hydrogen-bond acceptors (Lipinski definition) is 3. The summed E-state index contributed by atoms with van der Waals surface area (Å²) in [6, 6.07) is 0. The normalized spacial score (nSPS) is 34.2. The van der Waals surface area contributed by atoms with Crippen LogP contribution in [0.5, 0.6) is 0 Å². The SMILES string of the molecule is C[C@@H]1CNC[C@H]1C(=O)NCCC1CCCO1. The highest BCUT2D eigenvalue weighted by Gasteiger charge is 2.29. The lowest BCUT2D eigenvalue weighted by Crippen LogP contribution is -2.35. The topological polar surface area (TPSA) is 50.4 Å². The van der Waals surface area contributed by atoms with Gasteiger partial charge in [-0.25, -0.2) is 0 Å². The molecule has 0 bridgehead atoms. The van der Waals surface area contributed by atoms with Crippen molar-refractivity contribution < 1.29 is 9.53 Å². The summed E-state index contributed by atoms with van der Waals surface area (Å²) in [5, 5.41) is 6.27. The van der Waals surface area contributed by atoms with E-state index in [-0.39, 0.29) is 11.8 Å². The third-order valence-corrected chi connectivity index (χ3v) is 3.64. The summed E-state index contributed by atoms with van der Waals surface area (Å²) in [7, 11) is 0. The minimum Gasteiger partial charge on any atom is -0.378 e. The van der Waals surface area contributed by atoms with E-state index in [1.54, 1.807) is 0 Å². The van der Waals surface area contributed by atoms with E-state index in [1.165, 1.54) is 6.42 Å². The molecule has 3 atom stereocenters. The van der Waals surface area contributed by atoms with Crippen LogP contribution in [0, 0.1) is 11.8 Å². The van der Waals surface area contributed by atoms with Gasteiger partial charge in [-0.3, -0.25) is 4.79 Å². The smallest absolute Gasteiger partial charge is 0.224 e. The Hall–Kier alpha value is -0.610. The monoisotopic (exact) mass is 226 g/mol. The Labute approximate surface area is 97.1 Å². The van der Waals surface area contributed by atoms with Crippen LogP contribution in [0.4, 0.5) is 0 Å². The number of amides is 1. The van der Waals surface area contributed by atoms with E-state index in [0.29, 0.717) is 12.0 Å². The minimum absolute atomic E-state index is 0.157. The zero-order valence-corrected chi connectivity index (χ0v) is 10.00. The van der Waals surface area contributed by atoms with Crippen molar-refractivity contribution in [2.75, 3.05) is 26.2 Å². The molecule has 4 heteroatoms. The van der Waals surface area contributed by atoms with Gasteiger partial charge in [-0.15, -0.1) is 0 Å².